The monoisotopic (exact) mass is 402 g/mol. The van der Waals surface area contributed by atoms with E-state index in [-0.39, 0.29) is 0 Å². The van der Waals surface area contributed by atoms with Gasteiger partial charge in [0.25, 0.3) is 0 Å². The van der Waals surface area contributed by atoms with Crippen LogP contribution in [-0.4, -0.2) is 84.0 Å². The second-order valence-corrected chi connectivity index (χ2v) is 7.95. The molecule has 29 heavy (non-hydrogen) atoms. The van der Waals surface area contributed by atoms with Gasteiger partial charge in [-0.3, -0.25) is 9.80 Å². The summed E-state index contributed by atoms with van der Waals surface area (Å²) in [5, 5.41) is 14.4. The molecule has 1 aliphatic heterocycles. The van der Waals surface area contributed by atoms with Crippen LogP contribution in [0.1, 0.15) is 23.9 Å². The number of ether oxygens (including phenoxy) is 1. The smallest absolute Gasteiger partial charge is 0.133 e. The quantitative estimate of drug-likeness (QED) is 0.652. The first-order chi connectivity index (χ1) is 14.0. The first-order valence-electron chi connectivity index (χ1n) is 10.5. The van der Waals surface area contributed by atoms with Crippen molar-refractivity contribution in [2.45, 2.75) is 33.0 Å². The summed E-state index contributed by atoms with van der Waals surface area (Å²) in [5.74, 6) is 1.62. The highest BCUT2D eigenvalue weighted by Gasteiger charge is 2.18. The Labute approximate surface area is 173 Å². The third-order valence-corrected chi connectivity index (χ3v) is 5.28. The number of hydrogen-bond acceptors (Lipinski definition) is 7. The van der Waals surface area contributed by atoms with Gasteiger partial charge in [-0.05, 0) is 38.2 Å². The summed E-state index contributed by atoms with van der Waals surface area (Å²) in [6, 6.07) is 10.0. The molecule has 3 rings (SSSR count). The van der Waals surface area contributed by atoms with E-state index in [0.29, 0.717) is 13.2 Å². The first-order valence-corrected chi connectivity index (χ1v) is 10.5. The number of piperazine rings is 1. The Morgan fingerprint density at radius 1 is 1.17 bits per heavy atom. The molecule has 2 aromatic rings. The Morgan fingerprint density at radius 2 is 1.93 bits per heavy atom. The predicted molar refractivity (Wildman–Crippen MR) is 113 cm³/mol. The molecule has 1 unspecified atom stereocenters. The summed E-state index contributed by atoms with van der Waals surface area (Å²) in [6.07, 6.45) is -0.482. The number of β-amino-alcohol motifs (C(OH)–C–C–N with tert-alkyl or cyclic N) is 1. The van der Waals surface area contributed by atoms with Crippen molar-refractivity contribution in [2.75, 3.05) is 52.9 Å². The van der Waals surface area contributed by atoms with E-state index in [0.717, 1.165) is 68.6 Å². The lowest BCUT2D eigenvalue weighted by atomic mass is 10.2. The minimum atomic E-state index is -0.482. The molecule has 0 bridgehead atoms. The Kier molecular flexibility index (Phi) is 8.06. The van der Waals surface area contributed by atoms with Gasteiger partial charge in [-0.2, -0.15) is 0 Å². The third kappa shape index (κ3) is 7.12. The van der Waals surface area contributed by atoms with Crippen molar-refractivity contribution in [1.29, 1.82) is 0 Å². The third-order valence-electron chi connectivity index (χ3n) is 5.28. The molecule has 1 N–H and O–H groups in total. The molecular formula is C22H34N4O3. The van der Waals surface area contributed by atoms with Crippen molar-refractivity contribution >= 4 is 0 Å². The van der Waals surface area contributed by atoms with Crippen LogP contribution in [0.25, 0.3) is 0 Å². The Bertz CT molecular complexity index is 743. The number of aliphatic hydroxyl groups excluding tert-OH is 1. The molecule has 7 heteroatoms. The molecule has 1 atom stereocenters. The maximum absolute atomic E-state index is 10.4. The Balaban J connectivity index is 1.42. The zero-order chi connectivity index (χ0) is 20.6. The van der Waals surface area contributed by atoms with E-state index in [1.807, 2.05) is 31.2 Å². The molecular weight excluding hydrogens is 368 g/mol. The number of rotatable bonds is 10. The lowest BCUT2D eigenvalue weighted by Gasteiger charge is -2.34. The summed E-state index contributed by atoms with van der Waals surface area (Å²) in [5.41, 5.74) is 2.09. The lowest BCUT2D eigenvalue weighted by molar-refractivity contribution is 0.0470. The molecule has 0 radical (unpaired) electrons. The van der Waals surface area contributed by atoms with Gasteiger partial charge in [0, 0.05) is 51.9 Å². The average molecular weight is 403 g/mol. The van der Waals surface area contributed by atoms with Gasteiger partial charge in [-0.1, -0.05) is 24.2 Å². The van der Waals surface area contributed by atoms with Crippen LogP contribution in [0.3, 0.4) is 0 Å². The molecule has 160 valence electrons. The van der Waals surface area contributed by atoms with Crippen molar-refractivity contribution in [3.63, 3.8) is 0 Å². The van der Waals surface area contributed by atoms with Gasteiger partial charge in [-0.15, -0.1) is 0 Å². The number of aromatic nitrogens is 1. The molecule has 1 aromatic heterocycles. The topological polar surface area (TPSA) is 65.2 Å². The number of aryl methyl sites for hydroxylation is 1. The van der Waals surface area contributed by atoms with Crippen LogP contribution in [0, 0.1) is 6.92 Å². The van der Waals surface area contributed by atoms with Crippen molar-refractivity contribution in [2.24, 2.45) is 0 Å². The van der Waals surface area contributed by atoms with Crippen LogP contribution >= 0.6 is 0 Å². The fourth-order valence-corrected chi connectivity index (χ4v) is 3.70. The van der Waals surface area contributed by atoms with E-state index in [1.165, 1.54) is 0 Å². The largest absolute Gasteiger partial charge is 0.491 e. The maximum Gasteiger partial charge on any atom is 0.133 e. The zero-order valence-electron chi connectivity index (χ0n) is 17.9. The number of benzene rings is 1. The molecule has 7 nitrogen and oxygen atoms in total. The van der Waals surface area contributed by atoms with Crippen LogP contribution in [0.15, 0.2) is 34.9 Å². The fourth-order valence-electron chi connectivity index (χ4n) is 3.70. The van der Waals surface area contributed by atoms with Crippen LogP contribution in [0.4, 0.5) is 0 Å². The summed E-state index contributed by atoms with van der Waals surface area (Å²) >= 11 is 0. The van der Waals surface area contributed by atoms with Gasteiger partial charge in [0.1, 0.15) is 24.2 Å². The normalized spacial score (nSPS) is 17.0. The number of hydrogen-bond donors (Lipinski definition) is 1. The second-order valence-electron chi connectivity index (χ2n) is 7.95. The van der Waals surface area contributed by atoms with Crippen LogP contribution in [0.5, 0.6) is 5.75 Å². The minimum Gasteiger partial charge on any atom is -0.491 e. The molecule has 0 aliphatic carbocycles. The van der Waals surface area contributed by atoms with Gasteiger partial charge >= 0.3 is 0 Å². The SMILES string of the molecule is CCN1CCN(CC(O)COc2cccc(CN(C)Cc3cc(C)on3)c2)CC1. The van der Waals surface area contributed by atoms with E-state index >= 15 is 0 Å². The van der Waals surface area contributed by atoms with Gasteiger partial charge in [0.2, 0.25) is 0 Å². The highest BCUT2D eigenvalue weighted by atomic mass is 16.5. The molecule has 1 saturated heterocycles. The van der Waals surface area contributed by atoms with E-state index in [4.69, 9.17) is 9.26 Å². The summed E-state index contributed by atoms with van der Waals surface area (Å²) in [7, 11) is 2.06. The van der Waals surface area contributed by atoms with Gasteiger partial charge in [-0.25, -0.2) is 0 Å². The van der Waals surface area contributed by atoms with Crippen molar-refractivity contribution in [3.05, 3.63) is 47.3 Å². The summed E-state index contributed by atoms with van der Waals surface area (Å²) in [4.78, 5) is 6.93. The molecule has 1 aliphatic rings. The van der Waals surface area contributed by atoms with E-state index in [1.54, 1.807) is 0 Å². The predicted octanol–water partition coefficient (Wildman–Crippen LogP) is 1.99. The van der Waals surface area contributed by atoms with E-state index in [9.17, 15) is 5.11 Å². The summed E-state index contributed by atoms with van der Waals surface area (Å²) < 4.78 is 11.0. The molecule has 0 amide bonds. The number of nitrogens with zero attached hydrogens (tertiary/aromatic N) is 4. The Morgan fingerprint density at radius 3 is 2.62 bits per heavy atom. The van der Waals surface area contributed by atoms with Crippen molar-refractivity contribution in [1.82, 2.24) is 19.9 Å². The highest BCUT2D eigenvalue weighted by molar-refractivity contribution is 5.28. The maximum atomic E-state index is 10.4. The molecule has 2 heterocycles. The number of likely N-dealkylation sites (N-methyl/N-ethyl adjacent to an activating group) is 1. The molecule has 0 spiro atoms. The highest BCUT2D eigenvalue weighted by Crippen LogP contribution is 2.16. The summed E-state index contributed by atoms with van der Waals surface area (Å²) in [6.45, 7) is 11.9. The van der Waals surface area contributed by atoms with Crippen molar-refractivity contribution in [3.8, 4) is 5.75 Å². The Hall–Kier alpha value is -1.93. The van der Waals surface area contributed by atoms with Gasteiger partial charge < -0.3 is 19.3 Å². The standard InChI is InChI=1S/C22H34N4O3/c1-4-25-8-10-26(11-9-25)16-21(27)17-28-22-7-5-6-19(13-22)14-24(3)15-20-12-18(2)29-23-20/h5-7,12-13,21,27H,4,8-11,14-17H2,1-3H3. The molecule has 0 saturated carbocycles. The van der Waals surface area contributed by atoms with Crippen LogP contribution in [0.2, 0.25) is 0 Å². The molecule has 1 aromatic carbocycles. The van der Waals surface area contributed by atoms with Crippen molar-refractivity contribution < 1.29 is 14.4 Å². The van der Waals surface area contributed by atoms with Gasteiger partial charge in [0.05, 0.1) is 5.69 Å². The molecule has 1 fully saturated rings. The van der Waals surface area contributed by atoms with E-state index < -0.39 is 6.10 Å². The zero-order valence-corrected chi connectivity index (χ0v) is 17.9. The minimum absolute atomic E-state index is 0.311. The lowest BCUT2D eigenvalue weighted by Crippen LogP contribution is -2.49. The fraction of sp³-hybridized carbons (Fsp3) is 0.591. The number of aliphatic hydroxyl groups is 1. The van der Waals surface area contributed by atoms with E-state index in [2.05, 4.69) is 39.9 Å². The van der Waals surface area contributed by atoms with Crippen LogP contribution in [-0.2, 0) is 13.1 Å². The van der Waals surface area contributed by atoms with Gasteiger partial charge in [0.15, 0.2) is 0 Å². The van der Waals surface area contributed by atoms with Crippen LogP contribution < -0.4 is 4.74 Å². The average Bonchev–Trinajstić information content (AvgIpc) is 3.11. The second kappa shape index (κ2) is 10.7. The first kappa shape index (κ1) is 21.8.